The zero-order chi connectivity index (χ0) is 15.7. The van der Waals surface area contributed by atoms with E-state index in [2.05, 4.69) is 10.6 Å². The van der Waals surface area contributed by atoms with Crippen molar-refractivity contribution in [3.63, 3.8) is 0 Å². The molecule has 1 aromatic carbocycles. The van der Waals surface area contributed by atoms with E-state index >= 15 is 0 Å². The maximum atomic E-state index is 12.4. The fourth-order valence-corrected chi connectivity index (χ4v) is 2.90. The smallest absolute Gasteiger partial charge is 0.307 e. The number of carbonyl (C=O) groups is 3. The molecule has 0 fully saturated rings. The number of aliphatic carboxylic acids is 1. The van der Waals surface area contributed by atoms with Gasteiger partial charge >= 0.3 is 5.97 Å². The number of hydrogen-bond donors (Lipinski definition) is 3. The molecule has 0 aromatic heterocycles. The number of carboxylic acid groups (broad SMARTS) is 1. The summed E-state index contributed by atoms with van der Waals surface area (Å²) >= 11 is 0. The molecule has 0 radical (unpaired) electrons. The SMILES string of the molecule is O=C1NCc2ccc(NC(=O)C3CC=CCC3C(=O)O)cc21. The number of benzene rings is 1. The molecule has 0 saturated heterocycles. The summed E-state index contributed by atoms with van der Waals surface area (Å²) < 4.78 is 0. The van der Waals surface area contributed by atoms with Gasteiger partial charge in [-0.1, -0.05) is 18.2 Å². The van der Waals surface area contributed by atoms with Gasteiger partial charge in [-0.25, -0.2) is 0 Å². The molecular formula is C16H16N2O4. The van der Waals surface area contributed by atoms with E-state index in [-0.39, 0.29) is 11.8 Å². The Balaban J connectivity index is 1.77. The van der Waals surface area contributed by atoms with Gasteiger partial charge in [0.1, 0.15) is 0 Å². The number of amides is 2. The number of carbonyl (C=O) groups excluding carboxylic acids is 2. The van der Waals surface area contributed by atoms with E-state index in [9.17, 15) is 19.5 Å². The van der Waals surface area contributed by atoms with E-state index in [1.807, 2.05) is 6.08 Å². The van der Waals surface area contributed by atoms with Crippen LogP contribution in [-0.4, -0.2) is 22.9 Å². The first kappa shape index (κ1) is 14.3. The molecule has 1 aliphatic carbocycles. The summed E-state index contributed by atoms with van der Waals surface area (Å²) in [6.45, 7) is 0.497. The predicted octanol–water partition coefficient (Wildman–Crippen LogP) is 1.54. The van der Waals surface area contributed by atoms with Crippen LogP contribution in [0.5, 0.6) is 0 Å². The van der Waals surface area contributed by atoms with E-state index in [4.69, 9.17) is 0 Å². The van der Waals surface area contributed by atoms with Crippen LogP contribution in [0.15, 0.2) is 30.4 Å². The molecule has 1 aromatic rings. The molecular weight excluding hydrogens is 284 g/mol. The second-order valence-corrected chi connectivity index (χ2v) is 5.54. The molecule has 0 bridgehead atoms. The van der Waals surface area contributed by atoms with Crippen LogP contribution in [0.3, 0.4) is 0 Å². The first-order valence-corrected chi connectivity index (χ1v) is 7.16. The Kier molecular flexibility index (Phi) is 3.66. The van der Waals surface area contributed by atoms with Gasteiger partial charge in [0.25, 0.3) is 5.91 Å². The topological polar surface area (TPSA) is 95.5 Å². The minimum atomic E-state index is -0.960. The normalized spacial score (nSPS) is 22.8. The first-order valence-electron chi connectivity index (χ1n) is 7.16. The van der Waals surface area contributed by atoms with Crippen molar-refractivity contribution in [2.75, 3.05) is 5.32 Å². The third-order valence-electron chi connectivity index (χ3n) is 4.15. The number of hydrogen-bond acceptors (Lipinski definition) is 3. The van der Waals surface area contributed by atoms with Gasteiger partial charge < -0.3 is 15.7 Å². The zero-order valence-corrected chi connectivity index (χ0v) is 11.8. The highest BCUT2D eigenvalue weighted by atomic mass is 16.4. The fraction of sp³-hybridized carbons (Fsp3) is 0.312. The van der Waals surface area contributed by atoms with Crippen molar-refractivity contribution in [2.24, 2.45) is 11.8 Å². The van der Waals surface area contributed by atoms with Crippen LogP contribution in [0, 0.1) is 11.8 Å². The molecule has 6 nitrogen and oxygen atoms in total. The lowest BCUT2D eigenvalue weighted by Crippen LogP contribution is -2.34. The quantitative estimate of drug-likeness (QED) is 0.738. The Morgan fingerprint density at radius 1 is 1.18 bits per heavy atom. The summed E-state index contributed by atoms with van der Waals surface area (Å²) in [6, 6.07) is 5.15. The summed E-state index contributed by atoms with van der Waals surface area (Å²) in [5.41, 5.74) is 1.96. The average Bonchev–Trinajstić information content (AvgIpc) is 2.88. The van der Waals surface area contributed by atoms with Gasteiger partial charge in [0.05, 0.1) is 11.8 Å². The van der Waals surface area contributed by atoms with E-state index in [0.29, 0.717) is 30.6 Å². The minimum absolute atomic E-state index is 0.157. The summed E-state index contributed by atoms with van der Waals surface area (Å²) in [4.78, 5) is 35.2. The Morgan fingerprint density at radius 3 is 2.64 bits per heavy atom. The molecule has 0 saturated carbocycles. The molecule has 0 spiro atoms. The molecule has 1 heterocycles. The molecule has 114 valence electrons. The molecule has 2 amide bonds. The second-order valence-electron chi connectivity index (χ2n) is 5.54. The van der Waals surface area contributed by atoms with Crippen molar-refractivity contribution in [3.05, 3.63) is 41.5 Å². The summed E-state index contributed by atoms with van der Waals surface area (Å²) in [7, 11) is 0. The second kappa shape index (κ2) is 5.63. The largest absolute Gasteiger partial charge is 0.481 e. The molecule has 2 atom stereocenters. The lowest BCUT2D eigenvalue weighted by molar-refractivity contribution is -0.146. The molecule has 2 unspecified atom stereocenters. The lowest BCUT2D eigenvalue weighted by atomic mass is 9.82. The standard InChI is InChI=1S/C16H16N2O4/c19-14-13-7-10(6-5-9(13)8-17-14)18-15(20)11-3-1-2-4-12(11)16(21)22/h1-2,5-7,11-12H,3-4,8H2,(H,17,19)(H,18,20)(H,21,22). The Labute approximate surface area is 127 Å². The van der Waals surface area contributed by atoms with Gasteiger partial charge in [-0.15, -0.1) is 0 Å². The van der Waals surface area contributed by atoms with Crippen LogP contribution in [0.2, 0.25) is 0 Å². The zero-order valence-electron chi connectivity index (χ0n) is 11.8. The fourth-order valence-electron chi connectivity index (χ4n) is 2.90. The van der Waals surface area contributed by atoms with Gasteiger partial charge in [-0.05, 0) is 30.5 Å². The maximum Gasteiger partial charge on any atom is 0.307 e. The summed E-state index contributed by atoms with van der Waals surface area (Å²) in [6.07, 6.45) is 4.40. The number of allylic oxidation sites excluding steroid dienone is 2. The van der Waals surface area contributed by atoms with Crippen LogP contribution < -0.4 is 10.6 Å². The number of fused-ring (bicyclic) bond motifs is 1. The van der Waals surface area contributed by atoms with Gasteiger partial charge in [-0.3, -0.25) is 14.4 Å². The third kappa shape index (κ3) is 2.59. The highest BCUT2D eigenvalue weighted by Crippen LogP contribution is 2.28. The van der Waals surface area contributed by atoms with Crippen molar-refractivity contribution in [3.8, 4) is 0 Å². The number of carboxylic acids is 1. The number of anilines is 1. The van der Waals surface area contributed by atoms with Gasteiger partial charge in [0, 0.05) is 17.8 Å². The van der Waals surface area contributed by atoms with Gasteiger partial charge in [-0.2, -0.15) is 0 Å². The number of nitrogens with one attached hydrogen (secondary N) is 2. The number of rotatable bonds is 3. The minimum Gasteiger partial charge on any atom is -0.481 e. The van der Waals surface area contributed by atoms with Crippen molar-refractivity contribution < 1.29 is 19.5 Å². The molecule has 2 aliphatic rings. The van der Waals surface area contributed by atoms with Crippen LogP contribution in [0.1, 0.15) is 28.8 Å². The highest BCUT2D eigenvalue weighted by Gasteiger charge is 2.34. The van der Waals surface area contributed by atoms with Gasteiger partial charge in [0.2, 0.25) is 5.91 Å². The molecule has 22 heavy (non-hydrogen) atoms. The van der Waals surface area contributed by atoms with E-state index in [1.165, 1.54) is 0 Å². The van der Waals surface area contributed by atoms with Crippen LogP contribution in [0.25, 0.3) is 0 Å². The third-order valence-corrected chi connectivity index (χ3v) is 4.15. The van der Waals surface area contributed by atoms with Crippen molar-refractivity contribution in [1.82, 2.24) is 5.32 Å². The maximum absolute atomic E-state index is 12.4. The van der Waals surface area contributed by atoms with Crippen molar-refractivity contribution in [2.45, 2.75) is 19.4 Å². The van der Waals surface area contributed by atoms with Crippen molar-refractivity contribution in [1.29, 1.82) is 0 Å². The highest BCUT2D eigenvalue weighted by molar-refractivity contribution is 6.01. The monoisotopic (exact) mass is 300 g/mol. The van der Waals surface area contributed by atoms with Crippen LogP contribution in [-0.2, 0) is 16.1 Å². The van der Waals surface area contributed by atoms with Crippen LogP contribution in [0.4, 0.5) is 5.69 Å². The van der Waals surface area contributed by atoms with Crippen molar-refractivity contribution >= 4 is 23.5 Å². The Morgan fingerprint density at radius 2 is 1.91 bits per heavy atom. The Bertz CT molecular complexity index is 681. The first-order chi connectivity index (χ1) is 10.6. The predicted molar refractivity (Wildman–Crippen MR) is 79.2 cm³/mol. The molecule has 1 aliphatic heterocycles. The van der Waals surface area contributed by atoms with Gasteiger partial charge in [0.15, 0.2) is 0 Å². The molecule has 3 rings (SSSR count). The average molecular weight is 300 g/mol. The molecule has 6 heteroatoms. The summed E-state index contributed by atoms with van der Waals surface area (Å²) in [5.74, 6) is -2.74. The Hall–Kier alpha value is -2.63. The lowest BCUT2D eigenvalue weighted by Gasteiger charge is -2.24. The van der Waals surface area contributed by atoms with E-state index in [0.717, 1.165) is 5.56 Å². The van der Waals surface area contributed by atoms with E-state index in [1.54, 1.807) is 24.3 Å². The summed E-state index contributed by atoms with van der Waals surface area (Å²) in [5, 5.41) is 14.7. The van der Waals surface area contributed by atoms with E-state index < -0.39 is 17.8 Å². The van der Waals surface area contributed by atoms with Crippen LogP contribution >= 0.6 is 0 Å². The molecule has 3 N–H and O–H groups in total.